The fraction of sp³-hybridized carbons (Fsp3) is 0.133. The van der Waals surface area contributed by atoms with Gasteiger partial charge in [0.25, 0.3) is 5.56 Å². The van der Waals surface area contributed by atoms with Crippen molar-refractivity contribution in [3.05, 3.63) is 114 Å². The monoisotopic (exact) mass is 590 g/mol. The maximum Gasteiger partial charge on any atom is 0.337 e. The highest BCUT2D eigenvalue weighted by atomic mass is 32.2. The number of carbonyl (C=O) groups excluding carboxylic acids is 1. The fourth-order valence-electron chi connectivity index (χ4n) is 4.69. The van der Waals surface area contributed by atoms with Crippen molar-refractivity contribution in [2.24, 2.45) is 5.73 Å². The summed E-state index contributed by atoms with van der Waals surface area (Å²) in [4.78, 5) is 26.9. The molecule has 2 N–H and O–H groups in total. The molecule has 1 unspecified atom stereocenters. The average molecular weight is 591 g/mol. The summed E-state index contributed by atoms with van der Waals surface area (Å²) in [6.07, 6.45) is 1.65. The van der Waals surface area contributed by atoms with Crippen LogP contribution in [0.2, 0.25) is 0 Å². The quantitative estimate of drug-likeness (QED) is 0.325. The summed E-state index contributed by atoms with van der Waals surface area (Å²) >= 11 is 1.03. The lowest BCUT2D eigenvalue weighted by atomic mass is 9.89. The Kier molecular flexibility index (Phi) is 7.57. The molecule has 0 aliphatic carbocycles. The predicted molar refractivity (Wildman–Crippen MR) is 157 cm³/mol. The number of hydrogen-bond donors (Lipinski definition) is 1. The van der Waals surface area contributed by atoms with E-state index >= 15 is 0 Å². The normalized spacial score (nSPS) is 15.4. The molecule has 9 nitrogen and oxygen atoms in total. The van der Waals surface area contributed by atoms with E-state index in [0.717, 1.165) is 15.9 Å². The lowest BCUT2D eigenvalue weighted by molar-refractivity contribution is -0.134. The number of nitrogens with two attached hydrogens (primary N) is 1. The van der Waals surface area contributed by atoms with Crippen molar-refractivity contribution in [3.63, 3.8) is 0 Å². The van der Waals surface area contributed by atoms with Crippen molar-refractivity contribution in [2.45, 2.75) is 10.8 Å². The van der Waals surface area contributed by atoms with E-state index in [9.17, 15) is 18.0 Å². The number of thiazole rings is 1. The van der Waals surface area contributed by atoms with E-state index in [1.807, 2.05) is 0 Å². The third-order valence-corrected chi connectivity index (χ3v) is 9.73. The SMILES string of the molecule is COC(=O)C1=c2s/c(=C/c3ccc(OC)cc3)c(=O)n2C(N)=C(S(=O)(=O)c2ccccc2)C1c1ccc(OC)cc1. The first-order chi connectivity index (χ1) is 19.7. The second kappa shape index (κ2) is 11.1. The number of methoxy groups -OCH3 is 3. The largest absolute Gasteiger partial charge is 0.497 e. The van der Waals surface area contributed by atoms with E-state index < -0.39 is 27.3 Å². The maximum atomic E-state index is 14.2. The zero-order chi connectivity index (χ0) is 29.3. The molecule has 0 spiro atoms. The Bertz CT molecular complexity index is 1940. The average Bonchev–Trinajstić information content (AvgIpc) is 3.32. The Morgan fingerprint density at radius 1 is 0.902 bits per heavy atom. The van der Waals surface area contributed by atoms with Crippen LogP contribution in [0, 0.1) is 0 Å². The number of rotatable bonds is 7. The first kappa shape index (κ1) is 27.9. The molecule has 5 rings (SSSR count). The molecule has 0 bridgehead atoms. The summed E-state index contributed by atoms with van der Waals surface area (Å²) in [5, 5.41) is 0. The Hall–Kier alpha value is -4.61. The van der Waals surface area contributed by atoms with Gasteiger partial charge in [-0.3, -0.25) is 9.36 Å². The third-order valence-electron chi connectivity index (χ3n) is 6.71. The van der Waals surface area contributed by atoms with Crippen molar-refractivity contribution in [2.75, 3.05) is 21.3 Å². The third kappa shape index (κ3) is 4.94. The van der Waals surface area contributed by atoms with E-state index in [0.29, 0.717) is 22.6 Å². The first-order valence-corrected chi connectivity index (χ1v) is 14.7. The van der Waals surface area contributed by atoms with Crippen LogP contribution in [0.5, 0.6) is 11.5 Å². The van der Waals surface area contributed by atoms with E-state index in [4.69, 9.17) is 19.9 Å². The molecule has 1 aliphatic heterocycles. The van der Waals surface area contributed by atoms with Gasteiger partial charge >= 0.3 is 5.97 Å². The van der Waals surface area contributed by atoms with Gasteiger partial charge in [-0.1, -0.05) is 42.5 Å². The molecule has 1 aliphatic rings. The van der Waals surface area contributed by atoms with Crippen LogP contribution in [0.15, 0.2) is 93.5 Å². The van der Waals surface area contributed by atoms with Gasteiger partial charge in [-0.2, -0.15) is 0 Å². The zero-order valence-corrected chi connectivity index (χ0v) is 24.0. The zero-order valence-electron chi connectivity index (χ0n) is 22.4. The number of esters is 1. The Morgan fingerprint density at radius 2 is 1.49 bits per heavy atom. The second-order valence-corrected chi connectivity index (χ2v) is 12.0. The molecule has 0 amide bonds. The van der Waals surface area contributed by atoms with Gasteiger partial charge in [0.2, 0.25) is 9.84 Å². The highest BCUT2D eigenvalue weighted by Gasteiger charge is 2.42. The van der Waals surface area contributed by atoms with Crippen LogP contribution < -0.4 is 30.0 Å². The van der Waals surface area contributed by atoms with E-state index in [1.165, 1.54) is 26.4 Å². The van der Waals surface area contributed by atoms with Crippen LogP contribution in [0.4, 0.5) is 0 Å². The number of allylic oxidation sites excluding steroid dienone is 1. The summed E-state index contributed by atoms with van der Waals surface area (Å²) in [6, 6.07) is 21.4. The summed E-state index contributed by atoms with van der Waals surface area (Å²) in [6.45, 7) is 0. The van der Waals surface area contributed by atoms with Gasteiger partial charge in [0.05, 0.1) is 42.2 Å². The molecule has 3 aromatic carbocycles. The van der Waals surface area contributed by atoms with Crippen LogP contribution in [0.3, 0.4) is 0 Å². The molecule has 0 fully saturated rings. The molecule has 1 atom stereocenters. The molecule has 4 aromatic rings. The lowest BCUT2D eigenvalue weighted by Crippen LogP contribution is -2.41. The number of fused-ring (bicyclic) bond motifs is 1. The number of nitrogens with zero attached hydrogens (tertiary/aromatic N) is 1. The van der Waals surface area contributed by atoms with E-state index in [-0.39, 0.29) is 30.4 Å². The predicted octanol–water partition coefficient (Wildman–Crippen LogP) is 2.44. The van der Waals surface area contributed by atoms with Gasteiger partial charge in [0, 0.05) is 0 Å². The molecule has 11 heteroatoms. The van der Waals surface area contributed by atoms with Crippen molar-refractivity contribution in [1.82, 2.24) is 4.57 Å². The van der Waals surface area contributed by atoms with Gasteiger partial charge in [0.1, 0.15) is 26.9 Å². The van der Waals surface area contributed by atoms with Gasteiger partial charge in [-0.05, 0) is 53.6 Å². The number of carbonyl (C=O) groups is 1. The van der Waals surface area contributed by atoms with Crippen LogP contribution in [0.25, 0.3) is 17.5 Å². The van der Waals surface area contributed by atoms with Gasteiger partial charge in [-0.25, -0.2) is 13.2 Å². The Labute approximate surface area is 240 Å². The smallest absolute Gasteiger partial charge is 0.337 e. The van der Waals surface area contributed by atoms with Gasteiger partial charge in [0.15, 0.2) is 0 Å². The van der Waals surface area contributed by atoms with Crippen LogP contribution in [-0.4, -0.2) is 40.3 Å². The molecule has 0 saturated heterocycles. The number of benzene rings is 3. The second-order valence-electron chi connectivity index (χ2n) is 9.01. The number of ether oxygens (including phenoxy) is 3. The van der Waals surface area contributed by atoms with Crippen LogP contribution in [-0.2, 0) is 19.4 Å². The van der Waals surface area contributed by atoms with Gasteiger partial charge in [-0.15, -0.1) is 11.3 Å². The first-order valence-electron chi connectivity index (χ1n) is 12.4. The minimum Gasteiger partial charge on any atom is -0.497 e. The molecular formula is C30H26N2O7S2. The number of aromatic nitrogens is 1. The minimum atomic E-state index is -4.30. The van der Waals surface area contributed by atoms with Crippen molar-refractivity contribution in [3.8, 4) is 11.5 Å². The number of hydrogen-bond acceptors (Lipinski definition) is 9. The van der Waals surface area contributed by atoms with Gasteiger partial charge < -0.3 is 19.9 Å². The Morgan fingerprint density at radius 3 is 2.05 bits per heavy atom. The molecular weight excluding hydrogens is 564 g/mol. The summed E-state index contributed by atoms with van der Waals surface area (Å²) in [5.41, 5.74) is 7.18. The van der Waals surface area contributed by atoms with Crippen molar-refractivity contribution >= 4 is 44.6 Å². The molecule has 210 valence electrons. The highest BCUT2D eigenvalue weighted by Crippen LogP contribution is 2.42. The Balaban J connectivity index is 1.88. The van der Waals surface area contributed by atoms with Crippen LogP contribution >= 0.6 is 11.3 Å². The topological polar surface area (TPSA) is 127 Å². The van der Waals surface area contributed by atoms with Crippen molar-refractivity contribution in [1.29, 1.82) is 0 Å². The molecule has 0 saturated carbocycles. The van der Waals surface area contributed by atoms with E-state index in [1.54, 1.807) is 79.9 Å². The highest BCUT2D eigenvalue weighted by molar-refractivity contribution is 7.95. The van der Waals surface area contributed by atoms with Crippen LogP contribution in [0.1, 0.15) is 17.0 Å². The molecule has 0 radical (unpaired) electrons. The van der Waals surface area contributed by atoms with E-state index in [2.05, 4.69) is 0 Å². The summed E-state index contributed by atoms with van der Waals surface area (Å²) in [5.74, 6) is -1.04. The standard InChI is InChI=1S/C30H26N2O7S2/c1-37-20-13-9-18(10-14-20)17-23-28(33)32-27(31)26(41(35,36)22-7-5-4-6-8-22)24(19-11-15-21(38-2)16-12-19)25(29(32)40-23)30(34)39-3/h4-17,24H,31H2,1-3H3/b23-17+. The lowest BCUT2D eigenvalue weighted by Gasteiger charge is -2.28. The maximum absolute atomic E-state index is 14.2. The molecule has 1 aromatic heterocycles. The fourth-order valence-corrected chi connectivity index (χ4v) is 7.56. The minimum absolute atomic E-state index is 0.0159. The van der Waals surface area contributed by atoms with Crippen molar-refractivity contribution < 1.29 is 27.4 Å². The molecule has 2 heterocycles. The summed E-state index contributed by atoms with van der Waals surface area (Å²) in [7, 11) is -0.0343. The summed E-state index contributed by atoms with van der Waals surface area (Å²) < 4.78 is 45.5. The number of sulfone groups is 1. The molecule has 41 heavy (non-hydrogen) atoms.